The third kappa shape index (κ3) is 3.56. The van der Waals surface area contributed by atoms with Crippen LogP contribution in [0.1, 0.15) is 5.56 Å². The number of piperazine rings is 1. The van der Waals surface area contributed by atoms with Crippen LogP contribution in [-0.2, 0) is 6.42 Å². The summed E-state index contributed by atoms with van der Waals surface area (Å²) in [5.41, 5.74) is 1.34. The Labute approximate surface area is 155 Å². The summed E-state index contributed by atoms with van der Waals surface area (Å²) in [5, 5.41) is 9.22. The van der Waals surface area contributed by atoms with Gasteiger partial charge in [0.05, 0.1) is 11.0 Å². The van der Waals surface area contributed by atoms with Crippen LogP contribution >= 0.6 is 0 Å². The Bertz CT molecular complexity index is 1000. The van der Waals surface area contributed by atoms with E-state index < -0.39 is 11.8 Å². The van der Waals surface area contributed by atoms with Crippen molar-refractivity contribution in [3.05, 3.63) is 58.6 Å². The molecule has 140 valence electrons. The van der Waals surface area contributed by atoms with Gasteiger partial charge in [0.15, 0.2) is 0 Å². The fourth-order valence-electron chi connectivity index (χ4n) is 3.52. The zero-order valence-electron chi connectivity index (χ0n) is 14.8. The molecule has 8 nitrogen and oxygen atoms in total. The Morgan fingerprint density at radius 1 is 1.15 bits per heavy atom. The van der Waals surface area contributed by atoms with Crippen LogP contribution in [0, 0.1) is 0 Å². The lowest BCUT2D eigenvalue weighted by Gasteiger charge is -2.35. The van der Waals surface area contributed by atoms with Gasteiger partial charge in [-0.2, -0.15) is 4.57 Å². The molecule has 0 amide bonds. The van der Waals surface area contributed by atoms with Crippen molar-refractivity contribution in [2.45, 2.75) is 6.42 Å². The minimum absolute atomic E-state index is 0.407. The minimum Gasteiger partial charge on any atom is -0.464 e. The second-order valence-corrected chi connectivity index (χ2v) is 6.67. The lowest BCUT2D eigenvalue weighted by molar-refractivity contribution is 0.196. The smallest absolute Gasteiger partial charge is 0.420 e. The van der Waals surface area contributed by atoms with E-state index in [9.17, 15) is 14.7 Å². The topological polar surface area (TPSA) is 94.5 Å². The highest BCUT2D eigenvalue weighted by molar-refractivity contribution is 5.85. The number of pyridine rings is 1. The van der Waals surface area contributed by atoms with Gasteiger partial charge in [0.2, 0.25) is 0 Å². The maximum Gasteiger partial charge on any atom is 0.420 e. The average molecular weight is 367 g/mol. The van der Waals surface area contributed by atoms with Crippen molar-refractivity contribution in [2.24, 2.45) is 0 Å². The molecule has 0 spiro atoms. The highest BCUT2D eigenvalue weighted by Crippen LogP contribution is 2.15. The van der Waals surface area contributed by atoms with Gasteiger partial charge in [-0.1, -0.05) is 12.1 Å². The minimum atomic E-state index is -1.27. The number of hydrogen-bond donors (Lipinski definition) is 2. The molecule has 1 saturated heterocycles. The van der Waals surface area contributed by atoms with Gasteiger partial charge in [-0.05, 0) is 36.2 Å². The van der Waals surface area contributed by atoms with Crippen LogP contribution < -0.4 is 10.6 Å². The lowest BCUT2D eigenvalue weighted by atomic mass is 10.1. The molecule has 0 radical (unpaired) electrons. The van der Waals surface area contributed by atoms with Crippen LogP contribution in [0.4, 0.5) is 10.6 Å². The van der Waals surface area contributed by atoms with Crippen molar-refractivity contribution < 1.29 is 9.90 Å². The first kappa shape index (κ1) is 17.3. The van der Waals surface area contributed by atoms with E-state index in [0.29, 0.717) is 11.0 Å². The van der Waals surface area contributed by atoms with E-state index >= 15 is 0 Å². The molecule has 0 bridgehead atoms. The normalized spacial score (nSPS) is 15.3. The first-order valence-corrected chi connectivity index (χ1v) is 8.97. The van der Waals surface area contributed by atoms with Gasteiger partial charge in [-0.15, -0.1) is 0 Å². The number of hydrogen-bond acceptors (Lipinski definition) is 5. The van der Waals surface area contributed by atoms with E-state index in [4.69, 9.17) is 0 Å². The van der Waals surface area contributed by atoms with Crippen molar-refractivity contribution in [1.82, 2.24) is 19.4 Å². The number of benzene rings is 1. The molecule has 4 rings (SSSR count). The maximum absolute atomic E-state index is 11.8. The summed E-state index contributed by atoms with van der Waals surface area (Å²) in [5.74, 6) is 1.02. The molecular formula is C19H21N5O3. The lowest BCUT2D eigenvalue weighted by Crippen LogP contribution is -2.47. The summed E-state index contributed by atoms with van der Waals surface area (Å²) in [6.45, 7) is 4.69. The highest BCUT2D eigenvalue weighted by atomic mass is 16.4. The Morgan fingerprint density at radius 3 is 2.67 bits per heavy atom. The number of aromatic nitrogens is 3. The Balaban J connectivity index is 1.39. The molecule has 1 fully saturated rings. The SMILES string of the molecule is O=C(O)n1c(=O)[nH]c2ccc(CCN3CCN(c4ccccn4)CC3)cc21. The Kier molecular flexibility index (Phi) is 4.64. The summed E-state index contributed by atoms with van der Waals surface area (Å²) in [7, 11) is 0. The second kappa shape index (κ2) is 7.24. The molecule has 0 saturated carbocycles. The molecule has 2 N–H and O–H groups in total. The van der Waals surface area contributed by atoms with Crippen molar-refractivity contribution >= 4 is 22.9 Å². The van der Waals surface area contributed by atoms with E-state index in [1.54, 1.807) is 12.1 Å². The zero-order valence-corrected chi connectivity index (χ0v) is 14.8. The van der Waals surface area contributed by atoms with Crippen molar-refractivity contribution in [3.63, 3.8) is 0 Å². The predicted octanol–water partition coefficient (Wildman–Crippen LogP) is 1.62. The first-order chi connectivity index (χ1) is 13.1. The summed E-state index contributed by atoms with van der Waals surface area (Å²) in [6.07, 6.45) is 1.35. The Morgan fingerprint density at radius 2 is 1.96 bits per heavy atom. The number of imidazole rings is 1. The van der Waals surface area contributed by atoms with E-state index in [1.807, 2.05) is 30.5 Å². The average Bonchev–Trinajstić information content (AvgIpc) is 3.02. The molecule has 3 heterocycles. The van der Waals surface area contributed by atoms with Crippen molar-refractivity contribution in [1.29, 1.82) is 0 Å². The fourth-order valence-corrected chi connectivity index (χ4v) is 3.52. The fraction of sp³-hybridized carbons (Fsp3) is 0.316. The van der Waals surface area contributed by atoms with Crippen molar-refractivity contribution in [2.75, 3.05) is 37.6 Å². The number of nitrogens with zero attached hydrogens (tertiary/aromatic N) is 4. The second-order valence-electron chi connectivity index (χ2n) is 6.67. The van der Waals surface area contributed by atoms with E-state index in [2.05, 4.69) is 19.8 Å². The quantitative estimate of drug-likeness (QED) is 0.728. The molecular weight excluding hydrogens is 346 g/mol. The largest absolute Gasteiger partial charge is 0.464 e. The number of rotatable bonds is 4. The molecule has 2 aromatic heterocycles. The summed E-state index contributed by atoms with van der Waals surface area (Å²) in [6, 6.07) is 11.4. The molecule has 3 aromatic rings. The molecule has 8 heteroatoms. The third-order valence-electron chi connectivity index (χ3n) is 5.00. The van der Waals surface area contributed by atoms with E-state index in [-0.39, 0.29) is 0 Å². The number of fused-ring (bicyclic) bond motifs is 1. The monoisotopic (exact) mass is 367 g/mol. The first-order valence-electron chi connectivity index (χ1n) is 8.97. The van der Waals surface area contributed by atoms with Gasteiger partial charge in [0.25, 0.3) is 0 Å². The van der Waals surface area contributed by atoms with Gasteiger partial charge in [-0.3, -0.25) is 4.90 Å². The number of nitrogens with one attached hydrogen (secondary N) is 1. The summed E-state index contributed by atoms with van der Waals surface area (Å²) < 4.78 is 0.754. The van der Waals surface area contributed by atoms with Crippen molar-refractivity contribution in [3.8, 4) is 0 Å². The molecule has 0 atom stereocenters. The number of carboxylic acid groups (broad SMARTS) is 1. The summed E-state index contributed by atoms with van der Waals surface area (Å²) in [4.78, 5) is 34.7. The van der Waals surface area contributed by atoms with Crippen LogP contribution in [0.3, 0.4) is 0 Å². The van der Waals surface area contributed by atoms with Gasteiger partial charge in [0.1, 0.15) is 5.82 Å². The van der Waals surface area contributed by atoms with Gasteiger partial charge < -0.3 is 15.0 Å². The van der Waals surface area contributed by atoms with E-state index in [1.165, 1.54) is 0 Å². The standard InChI is InChI=1S/C19H21N5O3/c25-18-21-15-5-4-14(13-16(15)24(18)19(26)27)6-8-22-9-11-23(12-10-22)17-3-1-2-7-20-17/h1-5,7,13H,6,8-12H2,(H,21,25)(H,26,27). The number of carbonyl (C=O) groups is 1. The van der Waals surface area contributed by atoms with Gasteiger partial charge in [0, 0.05) is 38.9 Å². The van der Waals surface area contributed by atoms with Gasteiger partial charge in [-0.25, -0.2) is 14.6 Å². The number of anilines is 1. The number of H-pyrrole nitrogens is 1. The van der Waals surface area contributed by atoms with Crippen LogP contribution in [0.2, 0.25) is 0 Å². The highest BCUT2D eigenvalue weighted by Gasteiger charge is 2.18. The molecule has 1 aliphatic heterocycles. The maximum atomic E-state index is 11.8. The van der Waals surface area contributed by atoms with Crippen LogP contribution in [0.15, 0.2) is 47.4 Å². The molecule has 1 aromatic carbocycles. The Hall–Kier alpha value is -3.13. The molecule has 0 unspecified atom stereocenters. The summed E-state index contributed by atoms with van der Waals surface area (Å²) >= 11 is 0. The van der Waals surface area contributed by atoms with E-state index in [0.717, 1.165) is 55.1 Å². The predicted molar refractivity (Wildman–Crippen MR) is 103 cm³/mol. The molecule has 0 aliphatic carbocycles. The number of aromatic amines is 1. The third-order valence-corrected chi connectivity index (χ3v) is 5.00. The van der Waals surface area contributed by atoms with Gasteiger partial charge >= 0.3 is 11.8 Å². The van der Waals surface area contributed by atoms with Crippen LogP contribution in [0.25, 0.3) is 11.0 Å². The molecule has 27 heavy (non-hydrogen) atoms. The van der Waals surface area contributed by atoms with Crippen LogP contribution in [0.5, 0.6) is 0 Å². The zero-order chi connectivity index (χ0) is 18.8. The van der Waals surface area contributed by atoms with Crippen LogP contribution in [-0.4, -0.2) is 63.4 Å². The molecule has 1 aliphatic rings.